The first kappa shape index (κ1) is 8.47. The van der Waals surface area contributed by atoms with Crippen LogP contribution >= 0.6 is 11.6 Å². The van der Waals surface area contributed by atoms with Gasteiger partial charge in [0.1, 0.15) is 22.3 Å². The van der Waals surface area contributed by atoms with Gasteiger partial charge in [0.15, 0.2) is 0 Å². The molecule has 0 aliphatic heterocycles. The average molecular weight is 201 g/mol. The highest BCUT2D eigenvalue weighted by atomic mass is 35.5. The Morgan fingerprint density at radius 1 is 1.54 bits per heavy atom. The third kappa shape index (κ3) is 1.28. The zero-order valence-electron chi connectivity index (χ0n) is 6.54. The quantitative estimate of drug-likeness (QED) is 0.760. The molecule has 1 N–H and O–H groups in total. The van der Waals surface area contributed by atoms with Gasteiger partial charge in [0.25, 0.3) is 0 Å². The second-order valence-corrected chi connectivity index (χ2v) is 2.94. The molecule has 0 unspecified atom stereocenters. The van der Waals surface area contributed by atoms with E-state index in [4.69, 9.17) is 16.7 Å². The normalized spacial score (nSPS) is 11.0. The Balaban J connectivity index is 2.77. The molecule has 2 heterocycles. The van der Waals surface area contributed by atoms with E-state index in [1.807, 2.05) is 0 Å². The lowest BCUT2D eigenvalue weighted by Crippen LogP contribution is -1.86. The van der Waals surface area contributed by atoms with Crippen LogP contribution < -0.4 is 0 Å². The Labute approximate surface area is 78.4 Å². The minimum Gasteiger partial charge on any atom is -0.390 e. The van der Waals surface area contributed by atoms with E-state index in [0.717, 1.165) is 0 Å². The Morgan fingerprint density at radius 2 is 2.31 bits per heavy atom. The van der Waals surface area contributed by atoms with Crippen LogP contribution in [-0.2, 0) is 6.61 Å². The van der Waals surface area contributed by atoms with E-state index in [1.54, 1.807) is 0 Å². The third-order valence-corrected chi connectivity index (χ3v) is 2.14. The summed E-state index contributed by atoms with van der Waals surface area (Å²) in [6, 6.07) is 2.79. The number of halogens is 2. The van der Waals surface area contributed by atoms with Gasteiger partial charge in [0.05, 0.1) is 6.61 Å². The zero-order valence-corrected chi connectivity index (χ0v) is 7.29. The minimum atomic E-state index is -0.392. The van der Waals surface area contributed by atoms with E-state index in [9.17, 15) is 4.39 Å². The zero-order chi connectivity index (χ0) is 9.42. The fourth-order valence-electron chi connectivity index (χ4n) is 1.14. The Morgan fingerprint density at radius 3 is 3.00 bits per heavy atom. The van der Waals surface area contributed by atoms with E-state index in [2.05, 4.69) is 4.98 Å². The predicted octanol–water partition coefficient (Wildman–Crippen LogP) is 1.62. The van der Waals surface area contributed by atoms with Crippen molar-refractivity contribution in [1.82, 2.24) is 9.38 Å². The first-order valence-electron chi connectivity index (χ1n) is 3.65. The van der Waals surface area contributed by atoms with Crippen molar-refractivity contribution in [3.05, 3.63) is 35.0 Å². The monoisotopic (exact) mass is 200 g/mol. The molecule has 0 fully saturated rings. The SMILES string of the molecule is OCc1nc2ccc(F)cn2c1Cl. The standard InChI is InChI=1S/C8H6ClFN2O/c9-8-6(4-13)11-7-2-1-5(10)3-12(7)8/h1-3,13H,4H2. The maximum absolute atomic E-state index is 12.8. The van der Waals surface area contributed by atoms with Gasteiger partial charge in [-0.2, -0.15) is 0 Å². The molecular formula is C8H6ClFN2O. The van der Waals surface area contributed by atoms with Crippen LogP contribution in [0.15, 0.2) is 18.3 Å². The number of hydrogen-bond acceptors (Lipinski definition) is 2. The second-order valence-electron chi connectivity index (χ2n) is 2.58. The van der Waals surface area contributed by atoms with Crippen molar-refractivity contribution < 1.29 is 9.50 Å². The van der Waals surface area contributed by atoms with Gasteiger partial charge in [0, 0.05) is 6.20 Å². The Kier molecular flexibility index (Phi) is 1.94. The summed E-state index contributed by atoms with van der Waals surface area (Å²) in [7, 11) is 0. The van der Waals surface area contributed by atoms with Crippen molar-refractivity contribution in [1.29, 1.82) is 0 Å². The van der Waals surface area contributed by atoms with Gasteiger partial charge in [-0.3, -0.25) is 4.40 Å². The molecule has 2 aromatic rings. The molecule has 2 aromatic heterocycles. The van der Waals surface area contributed by atoms with E-state index in [1.165, 1.54) is 22.7 Å². The van der Waals surface area contributed by atoms with E-state index >= 15 is 0 Å². The molecule has 0 atom stereocenters. The fraction of sp³-hybridized carbons (Fsp3) is 0.125. The molecule has 2 rings (SSSR count). The van der Waals surface area contributed by atoms with Gasteiger partial charge >= 0.3 is 0 Å². The van der Waals surface area contributed by atoms with Crippen LogP contribution in [0.5, 0.6) is 0 Å². The number of imidazole rings is 1. The third-order valence-electron chi connectivity index (χ3n) is 1.74. The smallest absolute Gasteiger partial charge is 0.139 e. The number of fused-ring (bicyclic) bond motifs is 1. The molecule has 5 heteroatoms. The van der Waals surface area contributed by atoms with E-state index in [0.29, 0.717) is 11.3 Å². The van der Waals surface area contributed by atoms with Crippen LogP contribution in [0.4, 0.5) is 4.39 Å². The molecular weight excluding hydrogens is 195 g/mol. The summed E-state index contributed by atoms with van der Waals surface area (Å²) in [5.41, 5.74) is 0.878. The first-order valence-corrected chi connectivity index (χ1v) is 4.03. The lowest BCUT2D eigenvalue weighted by atomic mass is 10.5. The lowest BCUT2D eigenvalue weighted by Gasteiger charge is -1.93. The molecule has 0 saturated heterocycles. The van der Waals surface area contributed by atoms with Gasteiger partial charge in [-0.1, -0.05) is 11.6 Å². The number of nitrogens with zero attached hydrogens (tertiary/aromatic N) is 2. The topological polar surface area (TPSA) is 37.5 Å². The second kappa shape index (κ2) is 2.97. The maximum atomic E-state index is 12.8. The van der Waals surface area contributed by atoms with Crippen molar-refractivity contribution in [2.24, 2.45) is 0 Å². The van der Waals surface area contributed by atoms with Crippen molar-refractivity contribution in [2.45, 2.75) is 6.61 Å². The van der Waals surface area contributed by atoms with Gasteiger partial charge in [0.2, 0.25) is 0 Å². The highest BCUT2D eigenvalue weighted by molar-refractivity contribution is 6.30. The highest BCUT2D eigenvalue weighted by Gasteiger charge is 2.08. The molecule has 0 radical (unpaired) electrons. The minimum absolute atomic E-state index is 0.247. The summed E-state index contributed by atoms with van der Waals surface area (Å²) >= 11 is 5.80. The maximum Gasteiger partial charge on any atom is 0.139 e. The fourth-order valence-corrected chi connectivity index (χ4v) is 1.38. The van der Waals surface area contributed by atoms with Crippen molar-refractivity contribution >= 4 is 17.2 Å². The van der Waals surface area contributed by atoms with Crippen molar-refractivity contribution in [3.63, 3.8) is 0 Å². The molecule has 68 valence electrons. The van der Waals surface area contributed by atoms with E-state index in [-0.39, 0.29) is 11.8 Å². The number of aliphatic hydroxyl groups is 1. The van der Waals surface area contributed by atoms with Gasteiger partial charge in [-0.25, -0.2) is 9.37 Å². The molecule has 0 amide bonds. The van der Waals surface area contributed by atoms with Gasteiger partial charge < -0.3 is 5.11 Å². The van der Waals surface area contributed by atoms with Crippen molar-refractivity contribution in [3.8, 4) is 0 Å². The van der Waals surface area contributed by atoms with Crippen LogP contribution in [0.1, 0.15) is 5.69 Å². The van der Waals surface area contributed by atoms with Crippen LogP contribution in [0.2, 0.25) is 5.15 Å². The number of hydrogen-bond donors (Lipinski definition) is 1. The molecule has 0 aromatic carbocycles. The molecule has 0 bridgehead atoms. The molecule has 0 aliphatic carbocycles. The van der Waals surface area contributed by atoms with E-state index < -0.39 is 5.82 Å². The number of aliphatic hydroxyl groups excluding tert-OH is 1. The largest absolute Gasteiger partial charge is 0.390 e. The molecule has 0 spiro atoms. The van der Waals surface area contributed by atoms with Crippen LogP contribution in [0, 0.1) is 5.82 Å². The molecule has 13 heavy (non-hydrogen) atoms. The lowest BCUT2D eigenvalue weighted by molar-refractivity contribution is 0.277. The Hall–Kier alpha value is -1.13. The average Bonchev–Trinajstić information content (AvgIpc) is 2.44. The van der Waals surface area contributed by atoms with Crippen LogP contribution in [0.3, 0.4) is 0 Å². The summed E-state index contributed by atoms with van der Waals surface area (Å²) in [6.07, 6.45) is 1.23. The molecule has 3 nitrogen and oxygen atoms in total. The van der Waals surface area contributed by atoms with Gasteiger partial charge in [-0.05, 0) is 12.1 Å². The highest BCUT2D eigenvalue weighted by Crippen LogP contribution is 2.18. The van der Waals surface area contributed by atoms with Crippen LogP contribution in [0.25, 0.3) is 5.65 Å². The summed E-state index contributed by atoms with van der Waals surface area (Å²) in [6.45, 7) is -0.248. The number of aromatic nitrogens is 2. The molecule has 0 saturated carbocycles. The van der Waals surface area contributed by atoms with Crippen molar-refractivity contribution in [2.75, 3.05) is 0 Å². The summed E-state index contributed by atoms with van der Waals surface area (Å²) in [5.74, 6) is -0.392. The Bertz CT molecular complexity index is 455. The van der Waals surface area contributed by atoms with Crippen LogP contribution in [-0.4, -0.2) is 14.5 Å². The summed E-state index contributed by atoms with van der Waals surface area (Å²) in [4.78, 5) is 3.99. The van der Waals surface area contributed by atoms with Gasteiger partial charge in [-0.15, -0.1) is 0 Å². The predicted molar refractivity (Wildman–Crippen MR) is 46.1 cm³/mol. The first-order chi connectivity index (χ1) is 6.22. The molecule has 0 aliphatic rings. The number of rotatable bonds is 1. The summed E-state index contributed by atoms with van der Waals surface area (Å²) in [5, 5.41) is 9.08. The number of pyridine rings is 1. The summed E-state index contributed by atoms with van der Waals surface area (Å²) < 4.78 is 14.2.